The van der Waals surface area contributed by atoms with Crippen molar-refractivity contribution in [2.24, 2.45) is 23.3 Å². The van der Waals surface area contributed by atoms with E-state index in [0.29, 0.717) is 25.8 Å². The Morgan fingerprint density at radius 3 is 2.32 bits per heavy atom. The highest BCUT2D eigenvalue weighted by molar-refractivity contribution is 6.28. The van der Waals surface area contributed by atoms with Gasteiger partial charge in [0, 0.05) is 13.0 Å². The van der Waals surface area contributed by atoms with Crippen LogP contribution in [0.3, 0.4) is 0 Å². The van der Waals surface area contributed by atoms with Crippen molar-refractivity contribution in [2.45, 2.75) is 64.5 Å². The van der Waals surface area contributed by atoms with E-state index in [-0.39, 0.29) is 23.9 Å². The van der Waals surface area contributed by atoms with Crippen molar-refractivity contribution < 1.29 is 33.5 Å². The molecule has 0 aromatic carbocycles. The number of ether oxygens (including phenoxy) is 1. The van der Waals surface area contributed by atoms with Crippen molar-refractivity contribution in [1.82, 2.24) is 10.2 Å². The molecule has 5 N–H and O–H groups in total. The number of nitrogens with two attached hydrogens (primary N) is 2. The zero-order valence-electron chi connectivity index (χ0n) is 22.2. The molecular formula is C26H38N4O7. The van der Waals surface area contributed by atoms with Gasteiger partial charge in [0.05, 0.1) is 18.1 Å². The Hall–Kier alpha value is -3.56. The Bertz CT molecular complexity index is 1010. The lowest BCUT2D eigenvalue weighted by Gasteiger charge is -2.39. The van der Waals surface area contributed by atoms with E-state index in [1.807, 2.05) is 20.8 Å². The molecule has 204 valence electrons. The third-order valence-corrected chi connectivity index (χ3v) is 6.66. The quantitative estimate of drug-likeness (QED) is 0.217. The molecular weight excluding hydrogens is 480 g/mol. The summed E-state index contributed by atoms with van der Waals surface area (Å²) in [6, 6.07) is -0.469. The Labute approximate surface area is 217 Å². The number of hydrogen-bond donors (Lipinski definition) is 3. The van der Waals surface area contributed by atoms with Crippen molar-refractivity contribution >= 4 is 35.4 Å². The van der Waals surface area contributed by atoms with Crippen molar-refractivity contribution in [3.05, 3.63) is 29.9 Å². The van der Waals surface area contributed by atoms with Crippen LogP contribution in [0.2, 0.25) is 0 Å². The summed E-state index contributed by atoms with van der Waals surface area (Å²) >= 11 is 0. The molecule has 3 amide bonds. The first kappa shape index (κ1) is 31.5. The summed E-state index contributed by atoms with van der Waals surface area (Å²) < 4.78 is 4.92. The van der Waals surface area contributed by atoms with Gasteiger partial charge in [-0.25, -0.2) is 14.4 Å². The Kier molecular flexibility index (Phi) is 11.6. The molecule has 1 heterocycles. The van der Waals surface area contributed by atoms with Crippen LogP contribution in [0.15, 0.2) is 29.9 Å². The van der Waals surface area contributed by atoms with Gasteiger partial charge in [-0.1, -0.05) is 52.3 Å². The maximum Gasteiger partial charge on any atom is 0.344 e. The molecule has 3 atom stereocenters. The lowest BCUT2D eigenvalue weighted by molar-refractivity contribution is -0.159. The van der Waals surface area contributed by atoms with Crippen LogP contribution in [0.25, 0.3) is 0 Å². The Balaban J connectivity index is 0.000000397. The van der Waals surface area contributed by atoms with E-state index in [9.17, 15) is 28.8 Å². The predicted octanol–water partition coefficient (Wildman–Crippen LogP) is 0.987. The monoisotopic (exact) mass is 518 g/mol. The molecule has 1 saturated heterocycles. The van der Waals surface area contributed by atoms with Crippen LogP contribution >= 0.6 is 0 Å². The molecule has 1 aliphatic carbocycles. The number of hydrogen-bond acceptors (Lipinski definition) is 8. The smallest absolute Gasteiger partial charge is 0.344 e. The van der Waals surface area contributed by atoms with Gasteiger partial charge in [0.25, 0.3) is 11.4 Å². The molecule has 37 heavy (non-hydrogen) atoms. The summed E-state index contributed by atoms with van der Waals surface area (Å²) in [6.07, 6.45) is 8.41. The van der Waals surface area contributed by atoms with Crippen LogP contribution in [0.1, 0.15) is 53.4 Å². The van der Waals surface area contributed by atoms with E-state index in [1.165, 1.54) is 25.3 Å². The number of carbonyl (C=O) groups excluding carboxylic acids is 6. The van der Waals surface area contributed by atoms with Gasteiger partial charge in [-0.3, -0.25) is 19.7 Å². The molecule has 0 saturated carbocycles. The summed E-state index contributed by atoms with van der Waals surface area (Å²) in [5.74, 6) is -2.32. The largest absolute Gasteiger partial charge is 0.464 e. The molecule has 11 heteroatoms. The van der Waals surface area contributed by atoms with E-state index >= 15 is 0 Å². The van der Waals surface area contributed by atoms with Crippen LogP contribution in [0.5, 0.6) is 0 Å². The molecule has 11 nitrogen and oxygen atoms in total. The first-order valence-electron chi connectivity index (χ1n) is 12.3. The minimum absolute atomic E-state index is 0.0108. The second-order valence-electron chi connectivity index (χ2n) is 9.14. The number of likely N-dealkylation sites (N-methyl/N-ethyl adjacent to an activating group) is 1. The highest BCUT2D eigenvalue weighted by Crippen LogP contribution is 2.36. The lowest BCUT2D eigenvalue weighted by atomic mass is 9.79. The number of allylic oxidation sites excluding steroid dienone is 5. The van der Waals surface area contributed by atoms with Gasteiger partial charge in [0.2, 0.25) is 0 Å². The molecule has 1 fully saturated rings. The van der Waals surface area contributed by atoms with Crippen molar-refractivity contribution in [1.29, 1.82) is 0 Å². The summed E-state index contributed by atoms with van der Waals surface area (Å²) in [7, 11) is 1.25. The second kappa shape index (κ2) is 13.7. The number of likely N-dealkylation sites (tertiary alicyclic amines) is 1. The number of nitrogens with zero attached hydrogens (tertiary/aromatic N) is 1. The number of carbonyl (C=O) groups is 5. The Morgan fingerprint density at radius 2 is 1.86 bits per heavy atom. The molecule has 2 rings (SSSR count). The maximum absolute atomic E-state index is 12.7. The number of ketones is 2. The number of Topliss-reactive ketones (excluding diaryl/α,β-unsaturated/α-hetero) is 2. The molecule has 0 bridgehead atoms. The molecule has 2 aliphatic rings. The predicted molar refractivity (Wildman–Crippen MR) is 137 cm³/mol. The fourth-order valence-corrected chi connectivity index (χ4v) is 4.74. The van der Waals surface area contributed by atoms with E-state index in [1.54, 1.807) is 23.8 Å². The fraction of sp³-hybridized carbons (Fsp3) is 0.577. The minimum Gasteiger partial charge on any atom is -0.464 e. The average molecular weight is 519 g/mol. The summed E-state index contributed by atoms with van der Waals surface area (Å²) in [5.41, 5.74) is 7.64. The number of urea groups is 1. The topological polar surface area (TPSA) is 179 Å². The van der Waals surface area contributed by atoms with Gasteiger partial charge in [-0.15, -0.1) is 0 Å². The van der Waals surface area contributed by atoms with Crippen LogP contribution in [0.4, 0.5) is 4.79 Å². The van der Waals surface area contributed by atoms with Crippen LogP contribution in [-0.2, 0) is 28.7 Å². The molecule has 0 spiro atoms. The first-order chi connectivity index (χ1) is 17.4. The summed E-state index contributed by atoms with van der Waals surface area (Å²) in [6.45, 7) is 8.27. The lowest BCUT2D eigenvalue weighted by Crippen LogP contribution is -2.67. The second-order valence-corrected chi connectivity index (χ2v) is 9.14. The fourth-order valence-electron chi connectivity index (χ4n) is 4.74. The van der Waals surface area contributed by atoms with Crippen molar-refractivity contribution in [2.75, 3.05) is 20.2 Å². The zero-order chi connectivity index (χ0) is 28.4. The van der Waals surface area contributed by atoms with E-state index in [4.69, 9.17) is 16.2 Å². The molecule has 0 aromatic heterocycles. The number of rotatable bonds is 10. The molecule has 0 aromatic rings. The summed E-state index contributed by atoms with van der Waals surface area (Å²) in [5, 5.41) is 2.37. The summed E-state index contributed by atoms with van der Waals surface area (Å²) in [4.78, 5) is 72.6. The third-order valence-electron chi connectivity index (χ3n) is 6.66. The highest BCUT2D eigenvalue weighted by atomic mass is 16.5. The number of esters is 1. The number of primary amides is 2. The van der Waals surface area contributed by atoms with Gasteiger partial charge >= 0.3 is 12.0 Å². The van der Waals surface area contributed by atoms with E-state index < -0.39 is 40.7 Å². The SMILES string of the molecule is CCCC1(C(C)C)C(=O)CCN1C(N)=O.CCCOC(=O)C(NC)(C(N)=O)C(=O)C1C=CC=CC1=C=O. The zero-order valence-corrected chi connectivity index (χ0v) is 22.2. The Morgan fingerprint density at radius 1 is 1.22 bits per heavy atom. The molecule has 0 radical (unpaired) electrons. The molecule has 1 aliphatic heterocycles. The van der Waals surface area contributed by atoms with Crippen LogP contribution < -0.4 is 16.8 Å². The minimum atomic E-state index is -2.35. The first-order valence-corrected chi connectivity index (χ1v) is 12.3. The number of amides is 3. The van der Waals surface area contributed by atoms with Crippen molar-refractivity contribution in [3.8, 4) is 0 Å². The highest BCUT2D eigenvalue weighted by Gasteiger charge is 2.54. The van der Waals surface area contributed by atoms with Crippen LogP contribution in [-0.4, -0.2) is 71.6 Å². The average Bonchev–Trinajstić information content (AvgIpc) is 3.20. The van der Waals surface area contributed by atoms with Crippen molar-refractivity contribution in [3.63, 3.8) is 0 Å². The van der Waals surface area contributed by atoms with Gasteiger partial charge in [0.15, 0.2) is 11.6 Å². The third kappa shape index (κ3) is 6.23. The maximum atomic E-state index is 12.7. The molecule has 3 unspecified atom stereocenters. The number of nitrogens with one attached hydrogen (secondary N) is 1. The van der Waals surface area contributed by atoms with Gasteiger partial charge in [-0.2, -0.15) is 0 Å². The van der Waals surface area contributed by atoms with Gasteiger partial charge in [0.1, 0.15) is 11.5 Å². The van der Waals surface area contributed by atoms with Gasteiger partial charge in [-0.05, 0) is 31.9 Å². The van der Waals surface area contributed by atoms with Gasteiger partial charge < -0.3 is 21.1 Å². The van der Waals surface area contributed by atoms with E-state index in [2.05, 4.69) is 5.32 Å². The van der Waals surface area contributed by atoms with Crippen LogP contribution in [0, 0.1) is 11.8 Å². The van der Waals surface area contributed by atoms with E-state index in [0.717, 1.165) is 6.42 Å². The standard InChI is InChI=1S/C15H18N2O5.C11H20N2O2/c1-3-8-22-14(21)15(17-2,13(16)20)12(19)11-7-5-4-6-10(11)9-18;1-4-6-11(8(2)3)9(14)5-7-13(11)10(12)15/h4-7,11,17H,3,8H2,1-2H3,(H2,16,20);8H,4-7H2,1-3H3,(H2,12,15). The normalized spacial score (nSPS) is 22.1.